The second-order valence-corrected chi connectivity index (χ2v) is 9.91. The van der Waals surface area contributed by atoms with E-state index in [9.17, 15) is 15.2 Å². The lowest BCUT2D eigenvalue weighted by Gasteiger charge is -2.18. The van der Waals surface area contributed by atoms with Gasteiger partial charge in [0.05, 0.1) is 24.8 Å². The molecule has 0 saturated heterocycles. The Labute approximate surface area is 224 Å². The van der Waals surface area contributed by atoms with E-state index in [1.165, 1.54) is 0 Å². The number of hydrogen-bond acceptors (Lipinski definition) is 8. The highest BCUT2D eigenvalue weighted by Gasteiger charge is 2.32. The van der Waals surface area contributed by atoms with Gasteiger partial charge in [0.2, 0.25) is 0 Å². The van der Waals surface area contributed by atoms with Crippen LogP contribution in [0, 0.1) is 11.3 Å². The van der Waals surface area contributed by atoms with E-state index in [0.29, 0.717) is 41.0 Å². The van der Waals surface area contributed by atoms with Gasteiger partial charge in [-0.3, -0.25) is 9.69 Å². The number of hydrogen-bond donors (Lipinski definition) is 2. The van der Waals surface area contributed by atoms with Crippen molar-refractivity contribution in [1.29, 1.82) is 5.26 Å². The zero-order valence-corrected chi connectivity index (χ0v) is 21.3. The normalized spacial score (nSPS) is 15.2. The monoisotopic (exact) mass is 522 g/mol. The van der Waals surface area contributed by atoms with E-state index in [0.717, 1.165) is 40.8 Å². The molecular weight excluding hydrogens is 496 g/mol. The molecule has 1 unspecified atom stereocenters. The maximum atomic E-state index is 13.6. The number of pyridine rings is 1. The Morgan fingerprint density at radius 1 is 1.13 bits per heavy atom. The molecule has 0 bridgehead atoms. The third-order valence-electron chi connectivity index (χ3n) is 7.05. The summed E-state index contributed by atoms with van der Waals surface area (Å²) in [6.45, 7) is -0.0988. The second-order valence-electron chi connectivity index (χ2n) is 9.91. The van der Waals surface area contributed by atoms with Gasteiger partial charge in [-0.25, -0.2) is 4.98 Å². The number of aryl methyl sites for hydroxylation is 1. The maximum Gasteiger partial charge on any atom is 0.260 e. The Morgan fingerprint density at radius 2 is 1.97 bits per heavy atom. The summed E-state index contributed by atoms with van der Waals surface area (Å²) in [5.74, 6) is 1.80. The molecule has 2 aromatic heterocycles. The summed E-state index contributed by atoms with van der Waals surface area (Å²) in [5.41, 5.74) is 5.35. The molecule has 196 valence electrons. The number of aromatic nitrogens is 4. The van der Waals surface area contributed by atoms with E-state index in [1.54, 1.807) is 29.4 Å². The number of nitrogens with zero attached hydrogens (tertiary/aromatic N) is 6. The molecule has 10 nitrogen and oxygen atoms in total. The lowest BCUT2D eigenvalue weighted by molar-refractivity contribution is 0.0536. The first-order valence-electron chi connectivity index (χ1n) is 12.7. The molecule has 10 heteroatoms. The summed E-state index contributed by atoms with van der Waals surface area (Å²) in [4.78, 5) is 20.1. The summed E-state index contributed by atoms with van der Waals surface area (Å²) in [5, 5.41) is 36.5. The molecule has 2 aromatic carbocycles. The molecule has 3 heterocycles. The zero-order chi connectivity index (χ0) is 27.1. The van der Waals surface area contributed by atoms with E-state index in [1.807, 2.05) is 35.9 Å². The fourth-order valence-electron chi connectivity index (χ4n) is 4.80. The van der Waals surface area contributed by atoms with Crippen molar-refractivity contribution in [3.63, 3.8) is 0 Å². The molecular formula is C29H26N6O4. The van der Waals surface area contributed by atoms with Gasteiger partial charge < -0.3 is 19.5 Å². The van der Waals surface area contributed by atoms with Crippen molar-refractivity contribution in [3.05, 3.63) is 77.2 Å². The van der Waals surface area contributed by atoms with E-state index in [2.05, 4.69) is 22.3 Å². The number of fused-ring (bicyclic) bond motifs is 1. The van der Waals surface area contributed by atoms with Crippen LogP contribution in [0.15, 0.2) is 54.9 Å². The van der Waals surface area contributed by atoms with Crippen LogP contribution in [0.25, 0.3) is 22.5 Å². The molecule has 39 heavy (non-hydrogen) atoms. The fraction of sp³-hybridized carbons (Fsp3) is 0.276. The third kappa shape index (κ3) is 4.74. The molecule has 6 rings (SSSR count). The molecule has 1 aliphatic heterocycles. The van der Waals surface area contributed by atoms with Crippen molar-refractivity contribution in [2.24, 2.45) is 7.05 Å². The van der Waals surface area contributed by atoms with Gasteiger partial charge in [0, 0.05) is 29.8 Å². The van der Waals surface area contributed by atoms with Crippen molar-refractivity contribution in [2.45, 2.75) is 31.4 Å². The minimum absolute atomic E-state index is 0.0695. The Hall–Kier alpha value is -4.59. The molecule has 1 saturated carbocycles. The minimum Gasteiger partial charge on any atom is -0.491 e. The number of anilines is 1. The maximum absolute atomic E-state index is 13.6. The predicted molar refractivity (Wildman–Crippen MR) is 142 cm³/mol. The molecule has 1 aliphatic carbocycles. The summed E-state index contributed by atoms with van der Waals surface area (Å²) in [7, 11) is 1.86. The lowest BCUT2D eigenvalue weighted by Crippen LogP contribution is -2.24. The zero-order valence-electron chi connectivity index (χ0n) is 21.3. The van der Waals surface area contributed by atoms with Gasteiger partial charge in [-0.2, -0.15) is 5.26 Å². The van der Waals surface area contributed by atoms with Crippen molar-refractivity contribution >= 4 is 11.7 Å². The van der Waals surface area contributed by atoms with E-state index in [-0.39, 0.29) is 12.5 Å². The Kier molecular flexibility index (Phi) is 6.30. The predicted octanol–water partition coefficient (Wildman–Crippen LogP) is 3.19. The van der Waals surface area contributed by atoms with Crippen LogP contribution in [0.3, 0.4) is 0 Å². The highest BCUT2D eigenvalue weighted by atomic mass is 16.5. The number of benzene rings is 2. The first-order valence-corrected chi connectivity index (χ1v) is 12.7. The molecule has 2 N–H and O–H groups in total. The highest BCUT2D eigenvalue weighted by Crippen LogP contribution is 2.43. The number of aliphatic hydroxyl groups excluding tert-OH is 2. The Morgan fingerprint density at radius 3 is 2.69 bits per heavy atom. The first-order chi connectivity index (χ1) is 18.9. The van der Waals surface area contributed by atoms with Crippen molar-refractivity contribution in [3.8, 4) is 34.3 Å². The average Bonchev–Trinajstić information content (AvgIpc) is 3.66. The number of aliphatic hydroxyl groups is 2. The fourth-order valence-corrected chi connectivity index (χ4v) is 4.80. The summed E-state index contributed by atoms with van der Waals surface area (Å²) >= 11 is 0. The van der Waals surface area contributed by atoms with Gasteiger partial charge in [-0.05, 0) is 65.9 Å². The quantitative estimate of drug-likeness (QED) is 0.360. The van der Waals surface area contributed by atoms with Gasteiger partial charge in [-0.15, -0.1) is 10.2 Å². The van der Waals surface area contributed by atoms with Crippen LogP contribution >= 0.6 is 0 Å². The molecule has 0 radical (unpaired) electrons. The van der Waals surface area contributed by atoms with Gasteiger partial charge in [0.15, 0.2) is 5.82 Å². The van der Waals surface area contributed by atoms with E-state index in [4.69, 9.17) is 14.8 Å². The number of rotatable bonds is 8. The summed E-state index contributed by atoms with van der Waals surface area (Å²) in [6.07, 6.45) is 2.72. The number of carbonyl (C=O) groups is 1. The largest absolute Gasteiger partial charge is 0.491 e. The Balaban J connectivity index is 1.39. The van der Waals surface area contributed by atoms with Crippen molar-refractivity contribution < 1.29 is 19.7 Å². The van der Waals surface area contributed by atoms with E-state index < -0.39 is 12.7 Å². The van der Waals surface area contributed by atoms with E-state index >= 15 is 0 Å². The molecule has 2 aliphatic rings. The number of carbonyl (C=O) groups excluding carboxylic acids is 1. The van der Waals surface area contributed by atoms with Crippen LogP contribution in [-0.4, -0.2) is 55.2 Å². The standard InChI is InChI=1S/C29H26N6O4/c1-34-16-31-33-28(34)25-8-17(12-30)2-7-23(25)20-9-26(18-3-4-18)32-27(10-20)35-13-19-5-6-22(11-24(19)29(35)38)39-15-21(37)14-36/h2,5-11,16,18,21,36-37H,3-4,13-15H2,1H3. The molecule has 0 spiro atoms. The smallest absolute Gasteiger partial charge is 0.260 e. The first kappa shape index (κ1) is 24.7. The minimum atomic E-state index is -0.994. The number of ether oxygens (including phenoxy) is 1. The van der Waals surface area contributed by atoms with Gasteiger partial charge in [-0.1, -0.05) is 12.1 Å². The summed E-state index contributed by atoms with van der Waals surface area (Å²) in [6, 6.07) is 16.9. The van der Waals surface area contributed by atoms with Crippen LogP contribution in [0.4, 0.5) is 5.82 Å². The van der Waals surface area contributed by atoms with Crippen molar-refractivity contribution in [2.75, 3.05) is 18.1 Å². The topological polar surface area (TPSA) is 137 Å². The average molecular weight is 523 g/mol. The second kappa shape index (κ2) is 9.94. The highest BCUT2D eigenvalue weighted by molar-refractivity contribution is 6.10. The molecule has 1 fully saturated rings. The van der Waals surface area contributed by atoms with Crippen LogP contribution in [-0.2, 0) is 13.6 Å². The van der Waals surface area contributed by atoms with Gasteiger partial charge in [0.25, 0.3) is 5.91 Å². The molecule has 1 atom stereocenters. The van der Waals surface area contributed by atoms with Gasteiger partial charge >= 0.3 is 0 Å². The van der Waals surface area contributed by atoms with Crippen LogP contribution in [0.5, 0.6) is 5.75 Å². The number of nitriles is 1. The summed E-state index contributed by atoms with van der Waals surface area (Å²) < 4.78 is 7.36. The van der Waals surface area contributed by atoms with Crippen LogP contribution < -0.4 is 9.64 Å². The number of amides is 1. The lowest BCUT2D eigenvalue weighted by atomic mass is 9.96. The molecule has 1 amide bonds. The van der Waals surface area contributed by atoms with Crippen LogP contribution in [0.1, 0.15) is 45.9 Å². The Bertz CT molecular complexity index is 1620. The third-order valence-corrected chi connectivity index (χ3v) is 7.05. The van der Waals surface area contributed by atoms with Crippen LogP contribution in [0.2, 0.25) is 0 Å². The molecule has 4 aromatic rings. The van der Waals surface area contributed by atoms with Gasteiger partial charge in [0.1, 0.15) is 30.6 Å². The SMILES string of the molecule is Cn1cnnc1-c1cc(C#N)ccc1-c1cc(C2CC2)nc(N2Cc3ccc(OCC(O)CO)cc3C2=O)c1. The van der Waals surface area contributed by atoms with Crippen molar-refractivity contribution in [1.82, 2.24) is 19.7 Å².